The molecule has 0 aliphatic heterocycles. The molecule has 0 fully saturated rings. The molecule has 0 saturated carbocycles. The minimum atomic E-state index is -0.792. The summed E-state index contributed by atoms with van der Waals surface area (Å²) in [6.45, 7) is 13.5. The molecule has 0 aromatic carbocycles. The highest BCUT2D eigenvalue weighted by Crippen LogP contribution is 2.36. The molecule has 0 N–H and O–H groups in total. The van der Waals surface area contributed by atoms with E-state index in [1.165, 1.54) is 0 Å². The first-order chi connectivity index (χ1) is 12.0. The summed E-state index contributed by atoms with van der Waals surface area (Å²) in [5, 5.41) is 11.4. The zero-order valence-electron chi connectivity index (χ0n) is 16.8. The third-order valence-corrected chi connectivity index (χ3v) is 4.37. The van der Waals surface area contributed by atoms with E-state index in [0.717, 1.165) is 6.42 Å². The van der Waals surface area contributed by atoms with E-state index in [-0.39, 0.29) is 42.9 Å². The molecule has 9 heteroatoms. The van der Waals surface area contributed by atoms with E-state index in [1.54, 1.807) is 0 Å². The molecule has 3 unspecified atom stereocenters. The van der Waals surface area contributed by atoms with Crippen LogP contribution in [0.1, 0.15) is 48.0 Å². The van der Waals surface area contributed by atoms with Gasteiger partial charge in [-0.2, -0.15) is 19.6 Å². The molecule has 150 valence electrons. The quantitative estimate of drug-likeness (QED) is 0.449. The van der Waals surface area contributed by atoms with Crippen LogP contribution >= 0.6 is 0 Å². The maximum atomic E-state index is 11.0. The normalized spacial score (nSPS) is 16.0. The van der Waals surface area contributed by atoms with Gasteiger partial charge in [0.2, 0.25) is 0 Å². The molecule has 9 nitrogen and oxygen atoms in total. The second kappa shape index (κ2) is 11.2. The van der Waals surface area contributed by atoms with Crippen LogP contribution in [-0.2, 0) is 0 Å². The summed E-state index contributed by atoms with van der Waals surface area (Å²) in [7, 11) is 0. The van der Waals surface area contributed by atoms with E-state index in [1.807, 2.05) is 4.90 Å². The van der Waals surface area contributed by atoms with Crippen LogP contribution in [0.5, 0.6) is 0 Å². The Labute approximate surface area is 155 Å². The molecular formula is C17H33N5O4. The van der Waals surface area contributed by atoms with Gasteiger partial charge in [-0.15, -0.1) is 0 Å². The Hall–Kier alpha value is -1.64. The Morgan fingerprint density at radius 2 is 1.15 bits per heavy atom. The second-order valence-electron chi connectivity index (χ2n) is 9.19. The molecule has 0 saturated heterocycles. The predicted molar refractivity (Wildman–Crippen MR) is 104 cm³/mol. The summed E-state index contributed by atoms with van der Waals surface area (Å²) in [5.41, 5.74) is 0.0918. The highest BCUT2D eigenvalue weighted by Gasteiger charge is 2.32. The summed E-state index contributed by atoms with van der Waals surface area (Å²) in [6, 6.07) is -1.58. The van der Waals surface area contributed by atoms with Crippen LogP contribution in [0.4, 0.5) is 0 Å². The number of nitroso groups, excluding NO2 is 4. The molecular weight excluding hydrogens is 338 g/mol. The maximum absolute atomic E-state index is 11.0. The van der Waals surface area contributed by atoms with Crippen molar-refractivity contribution in [2.24, 2.45) is 37.5 Å². The summed E-state index contributed by atoms with van der Waals surface area (Å²) < 4.78 is 0. The lowest BCUT2D eigenvalue weighted by Gasteiger charge is -2.39. The highest BCUT2D eigenvalue weighted by atomic mass is 16.3. The van der Waals surface area contributed by atoms with Gasteiger partial charge in [0.05, 0.1) is 0 Å². The highest BCUT2D eigenvalue weighted by molar-refractivity contribution is 4.85. The van der Waals surface area contributed by atoms with E-state index in [2.05, 4.69) is 62.2 Å². The van der Waals surface area contributed by atoms with E-state index < -0.39 is 12.1 Å². The van der Waals surface area contributed by atoms with Crippen molar-refractivity contribution in [3.8, 4) is 0 Å². The first-order valence-corrected chi connectivity index (χ1v) is 8.92. The SMILES string of the molecule is CC(C)(C)CC(CN(CC(CN=O)N=O)CC(CN=O)N=O)C(C)(C)C. The van der Waals surface area contributed by atoms with Crippen molar-refractivity contribution in [1.29, 1.82) is 0 Å². The molecule has 0 aliphatic carbocycles. The minimum absolute atomic E-state index is 0.00838. The Balaban J connectivity index is 5.42. The molecule has 0 heterocycles. The number of nitrogens with zero attached hydrogens (tertiary/aromatic N) is 5. The average Bonchev–Trinajstić information content (AvgIpc) is 2.50. The number of hydrogen-bond donors (Lipinski definition) is 0. The van der Waals surface area contributed by atoms with Crippen molar-refractivity contribution in [2.75, 3.05) is 32.7 Å². The first kappa shape index (κ1) is 24.4. The Morgan fingerprint density at radius 3 is 1.42 bits per heavy atom. The molecule has 0 aromatic rings. The van der Waals surface area contributed by atoms with Crippen molar-refractivity contribution in [3.63, 3.8) is 0 Å². The standard InChI is InChI=1S/C17H33N5O4/c1-16(2,3)7-13(17(4,5)6)10-22(11-14(20-25)8-18-23)12-15(21-26)9-19-24/h13-15H,7-12H2,1-6H3. The van der Waals surface area contributed by atoms with Crippen LogP contribution in [0.2, 0.25) is 0 Å². The van der Waals surface area contributed by atoms with Gasteiger partial charge in [-0.25, -0.2) is 0 Å². The minimum Gasteiger partial charge on any atom is -0.298 e. The first-order valence-electron chi connectivity index (χ1n) is 8.92. The zero-order valence-corrected chi connectivity index (χ0v) is 16.8. The van der Waals surface area contributed by atoms with Crippen LogP contribution in [0.25, 0.3) is 0 Å². The molecule has 0 spiro atoms. The lowest BCUT2D eigenvalue weighted by molar-refractivity contribution is 0.101. The molecule has 0 rings (SSSR count). The van der Waals surface area contributed by atoms with Gasteiger partial charge in [-0.3, -0.25) is 4.90 Å². The summed E-state index contributed by atoms with van der Waals surface area (Å²) >= 11 is 0. The fourth-order valence-electron chi connectivity index (χ4n) is 2.94. The van der Waals surface area contributed by atoms with E-state index in [0.29, 0.717) is 6.54 Å². The molecule has 0 bridgehead atoms. The van der Waals surface area contributed by atoms with Crippen molar-refractivity contribution in [2.45, 2.75) is 60.0 Å². The topological polar surface area (TPSA) is 121 Å². The predicted octanol–water partition coefficient (Wildman–Crippen LogP) is 4.19. The van der Waals surface area contributed by atoms with Crippen LogP contribution in [-0.4, -0.2) is 49.7 Å². The summed E-state index contributed by atoms with van der Waals surface area (Å²) in [4.78, 5) is 44.9. The summed E-state index contributed by atoms with van der Waals surface area (Å²) in [6.07, 6.45) is 0.934. The summed E-state index contributed by atoms with van der Waals surface area (Å²) in [5.74, 6) is 0.260. The molecule has 26 heavy (non-hydrogen) atoms. The molecule has 0 aliphatic rings. The van der Waals surface area contributed by atoms with Gasteiger partial charge in [0.1, 0.15) is 25.2 Å². The van der Waals surface area contributed by atoms with Crippen LogP contribution in [0.15, 0.2) is 20.7 Å². The van der Waals surface area contributed by atoms with Gasteiger partial charge >= 0.3 is 0 Å². The van der Waals surface area contributed by atoms with E-state index in [4.69, 9.17) is 0 Å². The van der Waals surface area contributed by atoms with Crippen LogP contribution in [0, 0.1) is 36.4 Å². The molecule has 3 atom stereocenters. The monoisotopic (exact) mass is 371 g/mol. The van der Waals surface area contributed by atoms with Gasteiger partial charge in [-0.1, -0.05) is 62.2 Å². The zero-order chi connectivity index (χ0) is 20.4. The number of rotatable bonds is 13. The van der Waals surface area contributed by atoms with E-state index >= 15 is 0 Å². The van der Waals surface area contributed by atoms with Crippen molar-refractivity contribution < 1.29 is 0 Å². The van der Waals surface area contributed by atoms with Crippen molar-refractivity contribution in [1.82, 2.24) is 4.90 Å². The van der Waals surface area contributed by atoms with Crippen LogP contribution in [0.3, 0.4) is 0 Å². The molecule has 0 amide bonds. The molecule has 0 aromatic heterocycles. The third kappa shape index (κ3) is 10.4. The lowest BCUT2D eigenvalue weighted by atomic mass is 9.72. The average molecular weight is 371 g/mol. The van der Waals surface area contributed by atoms with Crippen LogP contribution < -0.4 is 0 Å². The Kier molecular flexibility index (Phi) is 10.4. The lowest BCUT2D eigenvalue weighted by Crippen LogP contribution is -2.44. The Morgan fingerprint density at radius 1 is 0.731 bits per heavy atom. The fourth-order valence-corrected chi connectivity index (χ4v) is 2.94. The number of hydrogen-bond acceptors (Lipinski definition) is 9. The van der Waals surface area contributed by atoms with E-state index in [9.17, 15) is 19.6 Å². The van der Waals surface area contributed by atoms with Gasteiger partial charge in [0.25, 0.3) is 0 Å². The van der Waals surface area contributed by atoms with Gasteiger partial charge in [-0.05, 0) is 23.2 Å². The van der Waals surface area contributed by atoms with Gasteiger partial charge in [0.15, 0.2) is 0 Å². The van der Waals surface area contributed by atoms with Gasteiger partial charge < -0.3 is 0 Å². The Bertz CT molecular complexity index is 435. The largest absolute Gasteiger partial charge is 0.298 e. The van der Waals surface area contributed by atoms with Crippen molar-refractivity contribution in [3.05, 3.63) is 19.6 Å². The molecule has 0 radical (unpaired) electrons. The smallest absolute Gasteiger partial charge is 0.127 e. The second-order valence-corrected chi connectivity index (χ2v) is 9.19. The van der Waals surface area contributed by atoms with Gasteiger partial charge in [0, 0.05) is 19.6 Å². The van der Waals surface area contributed by atoms with Crippen molar-refractivity contribution >= 4 is 0 Å². The maximum Gasteiger partial charge on any atom is 0.127 e. The fraction of sp³-hybridized carbons (Fsp3) is 1.00. The third-order valence-electron chi connectivity index (χ3n) is 4.37.